The van der Waals surface area contributed by atoms with Gasteiger partial charge in [0.05, 0.1) is 12.7 Å². The lowest BCUT2D eigenvalue weighted by Crippen LogP contribution is -2.33. The van der Waals surface area contributed by atoms with Crippen LogP contribution in [0.15, 0.2) is 24.3 Å². The minimum Gasteiger partial charge on any atom is -0.371 e. The maximum atomic E-state index is 5.75. The highest BCUT2D eigenvalue weighted by Crippen LogP contribution is 2.25. The zero-order valence-electron chi connectivity index (χ0n) is 10.1. The van der Waals surface area contributed by atoms with Crippen LogP contribution < -0.4 is 10.6 Å². The Morgan fingerprint density at radius 3 is 2.35 bits per heavy atom. The molecule has 0 saturated carbocycles. The quantitative estimate of drug-likeness (QED) is 0.809. The Bertz CT molecular complexity index is 351. The number of rotatable bonds is 2. The summed E-state index contributed by atoms with van der Waals surface area (Å²) in [6.45, 7) is 5.01. The van der Waals surface area contributed by atoms with Gasteiger partial charge in [-0.1, -0.05) is 24.3 Å². The Kier molecular flexibility index (Phi) is 3.41. The molecule has 17 heavy (non-hydrogen) atoms. The molecule has 2 N–H and O–H groups in total. The Morgan fingerprint density at radius 1 is 0.941 bits per heavy atom. The number of hydrogen-bond donors (Lipinski definition) is 2. The predicted octanol–water partition coefficient (Wildman–Crippen LogP) is 1.42. The molecule has 2 atom stereocenters. The first-order chi connectivity index (χ1) is 8.43. The number of nitrogens with one attached hydrogen (secondary N) is 2. The molecule has 3 heteroatoms. The summed E-state index contributed by atoms with van der Waals surface area (Å²) in [6.07, 6.45) is 1.50. The van der Waals surface area contributed by atoms with E-state index < -0.39 is 0 Å². The molecule has 92 valence electrons. The molecule has 1 aromatic rings. The zero-order chi connectivity index (χ0) is 11.5. The molecule has 2 heterocycles. The van der Waals surface area contributed by atoms with Gasteiger partial charge in [0.2, 0.25) is 0 Å². The molecular weight excluding hydrogens is 212 g/mol. The Labute approximate surface area is 103 Å². The van der Waals surface area contributed by atoms with Crippen molar-refractivity contribution in [2.45, 2.75) is 18.4 Å². The van der Waals surface area contributed by atoms with Crippen LogP contribution in [0.4, 0.5) is 0 Å². The van der Waals surface area contributed by atoms with E-state index >= 15 is 0 Å². The topological polar surface area (TPSA) is 33.3 Å². The number of benzene rings is 1. The van der Waals surface area contributed by atoms with Crippen LogP contribution in [-0.2, 0) is 4.74 Å². The summed E-state index contributed by atoms with van der Waals surface area (Å²) in [6, 6.07) is 8.99. The fourth-order valence-corrected chi connectivity index (χ4v) is 2.70. The second-order valence-electron chi connectivity index (χ2n) is 4.92. The van der Waals surface area contributed by atoms with Gasteiger partial charge in [0, 0.05) is 19.6 Å². The second kappa shape index (κ2) is 5.17. The largest absolute Gasteiger partial charge is 0.371 e. The highest BCUT2D eigenvalue weighted by Gasteiger charge is 2.18. The van der Waals surface area contributed by atoms with E-state index in [1.54, 1.807) is 0 Å². The fourth-order valence-electron chi connectivity index (χ4n) is 2.70. The van der Waals surface area contributed by atoms with Crippen molar-refractivity contribution in [2.75, 3.05) is 32.8 Å². The molecule has 2 unspecified atom stereocenters. The molecule has 0 aliphatic carbocycles. The van der Waals surface area contributed by atoms with Gasteiger partial charge < -0.3 is 15.4 Å². The molecule has 2 saturated heterocycles. The highest BCUT2D eigenvalue weighted by atomic mass is 16.5. The number of hydrogen-bond acceptors (Lipinski definition) is 3. The number of ether oxygens (including phenoxy) is 1. The lowest BCUT2D eigenvalue weighted by molar-refractivity contribution is 0.0277. The first kappa shape index (κ1) is 11.2. The molecule has 0 spiro atoms. The third-order valence-corrected chi connectivity index (χ3v) is 3.77. The van der Waals surface area contributed by atoms with E-state index in [2.05, 4.69) is 34.9 Å². The zero-order valence-corrected chi connectivity index (χ0v) is 10.1. The molecule has 3 nitrogen and oxygen atoms in total. The third-order valence-electron chi connectivity index (χ3n) is 3.77. The minimum absolute atomic E-state index is 0.236. The van der Waals surface area contributed by atoms with E-state index in [1.807, 2.05) is 0 Å². The van der Waals surface area contributed by atoms with Crippen LogP contribution in [0.5, 0.6) is 0 Å². The third kappa shape index (κ3) is 2.51. The molecule has 0 aromatic heterocycles. The highest BCUT2D eigenvalue weighted by molar-refractivity contribution is 5.28. The fraction of sp³-hybridized carbons (Fsp3) is 0.571. The van der Waals surface area contributed by atoms with Crippen molar-refractivity contribution in [3.63, 3.8) is 0 Å². The van der Waals surface area contributed by atoms with Gasteiger partial charge in [-0.05, 0) is 30.0 Å². The van der Waals surface area contributed by atoms with Gasteiger partial charge in [-0.2, -0.15) is 0 Å². The van der Waals surface area contributed by atoms with E-state index in [4.69, 9.17) is 4.74 Å². The molecule has 0 bridgehead atoms. The first-order valence-corrected chi connectivity index (χ1v) is 6.56. The van der Waals surface area contributed by atoms with Crippen molar-refractivity contribution in [1.82, 2.24) is 10.6 Å². The minimum atomic E-state index is 0.236. The normalized spacial score (nSPS) is 29.4. The Hall–Kier alpha value is -0.900. The van der Waals surface area contributed by atoms with E-state index in [0.29, 0.717) is 5.92 Å². The summed E-state index contributed by atoms with van der Waals surface area (Å²) in [5.41, 5.74) is 2.76. The lowest BCUT2D eigenvalue weighted by atomic mass is 9.96. The Balaban J connectivity index is 1.70. The van der Waals surface area contributed by atoms with Crippen LogP contribution in [0, 0.1) is 0 Å². The van der Waals surface area contributed by atoms with Gasteiger partial charge in [-0.15, -0.1) is 0 Å². The predicted molar refractivity (Wildman–Crippen MR) is 68.2 cm³/mol. The van der Waals surface area contributed by atoms with E-state index in [1.165, 1.54) is 17.5 Å². The van der Waals surface area contributed by atoms with Crippen LogP contribution >= 0.6 is 0 Å². The van der Waals surface area contributed by atoms with Gasteiger partial charge in [0.15, 0.2) is 0 Å². The first-order valence-electron chi connectivity index (χ1n) is 6.56. The molecule has 2 fully saturated rings. The average molecular weight is 232 g/mol. The average Bonchev–Trinajstić information content (AvgIpc) is 2.94. The van der Waals surface area contributed by atoms with E-state index in [9.17, 15) is 0 Å². The molecule has 3 rings (SSSR count). The molecule has 2 aliphatic heterocycles. The summed E-state index contributed by atoms with van der Waals surface area (Å²) < 4.78 is 5.75. The molecule has 1 aromatic carbocycles. The van der Waals surface area contributed by atoms with Gasteiger partial charge in [-0.3, -0.25) is 0 Å². The second-order valence-corrected chi connectivity index (χ2v) is 4.92. The summed E-state index contributed by atoms with van der Waals surface area (Å²) >= 11 is 0. The molecule has 0 radical (unpaired) electrons. The van der Waals surface area contributed by atoms with Crippen LogP contribution in [0.1, 0.15) is 29.6 Å². The van der Waals surface area contributed by atoms with Gasteiger partial charge in [0.1, 0.15) is 0 Å². The van der Waals surface area contributed by atoms with E-state index in [-0.39, 0.29) is 6.10 Å². The van der Waals surface area contributed by atoms with Gasteiger partial charge >= 0.3 is 0 Å². The van der Waals surface area contributed by atoms with Crippen molar-refractivity contribution in [3.8, 4) is 0 Å². The summed E-state index contributed by atoms with van der Waals surface area (Å²) in [5, 5.41) is 6.78. The van der Waals surface area contributed by atoms with E-state index in [0.717, 1.165) is 32.8 Å². The standard InChI is InChI=1S/C14H20N2O/c1-3-12(14-10-16-7-8-17-14)4-2-11(1)13-5-6-15-9-13/h1-4,13-16H,5-10H2. The molecular formula is C14H20N2O. The van der Waals surface area contributed by atoms with Crippen LogP contribution in [0.25, 0.3) is 0 Å². The van der Waals surface area contributed by atoms with Gasteiger partial charge in [0.25, 0.3) is 0 Å². The van der Waals surface area contributed by atoms with Crippen molar-refractivity contribution < 1.29 is 4.74 Å². The van der Waals surface area contributed by atoms with Crippen molar-refractivity contribution >= 4 is 0 Å². The van der Waals surface area contributed by atoms with Crippen molar-refractivity contribution in [3.05, 3.63) is 35.4 Å². The smallest absolute Gasteiger partial charge is 0.0949 e. The van der Waals surface area contributed by atoms with Gasteiger partial charge in [-0.25, -0.2) is 0 Å². The van der Waals surface area contributed by atoms with Crippen LogP contribution in [0.3, 0.4) is 0 Å². The Morgan fingerprint density at radius 2 is 1.71 bits per heavy atom. The SMILES string of the molecule is c1cc(C2CNCCO2)ccc1C1CCNC1. The summed E-state index contributed by atoms with van der Waals surface area (Å²) in [4.78, 5) is 0. The van der Waals surface area contributed by atoms with Crippen molar-refractivity contribution in [2.24, 2.45) is 0 Å². The maximum absolute atomic E-state index is 5.75. The molecule has 2 aliphatic rings. The number of morpholine rings is 1. The van der Waals surface area contributed by atoms with Crippen LogP contribution in [0.2, 0.25) is 0 Å². The molecule has 0 amide bonds. The summed E-state index contributed by atoms with van der Waals surface area (Å²) in [5.74, 6) is 0.703. The lowest BCUT2D eigenvalue weighted by Gasteiger charge is -2.24. The van der Waals surface area contributed by atoms with Crippen LogP contribution in [-0.4, -0.2) is 32.8 Å². The summed E-state index contributed by atoms with van der Waals surface area (Å²) in [7, 11) is 0. The maximum Gasteiger partial charge on any atom is 0.0949 e. The monoisotopic (exact) mass is 232 g/mol. The van der Waals surface area contributed by atoms with Crippen molar-refractivity contribution in [1.29, 1.82) is 0 Å².